The van der Waals surface area contributed by atoms with Crippen molar-refractivity contribution in [3.63, 3.8) is 0 Å². The fourth-order valence-electron chi connectivity index (χ4n) is 1.35. The fraction of sp³-hybridized carbons (Fsp3) is 0.889. The molecule has 0 aliphatic rings. The Hall–Kier alpha value is -0.990. The quantitative estimate of drug-likeness (QED) is 0.782. The van der Waals surface area contributed by atoms with Crippen LogP contribution in [0.5, 0.6) is 0 Å². The summed E-state index contributed by atoms with van der Waals surface area (Å²) < 4.78 is 73.8. The van der Waals surface area contributed by atoms with Crippen LogP contribution >= 0.6 is 0 Å². The van der Waals surface area contributed by atoms with Crippen molar-refractivity contribution in [2.45, 2.75) is 25.7 Å². The van der Waals surface area contributed by atoms with E-state index in [1.54, 1.807) is 0 Å². The van der Waals surface area contributed by atoms with Gasteiger partial charge in [-0.3, -0.25) is 4.79 Å². The molecule has 9 heteroatoms. The Morgan fingerprint density at radius 3 is 1.89 bits per heavy atom. The summed E-state index contributed by atoms with van der Waals surface area (Å²) in [6, 6.07) is 0. The lowest BCUT2D eigenvalue weighted by Gasteiger charge is -2.28. The third kappa shape index (κ3) is 4.71. The summed E-state index contributed by atoms with van der Waals surface area (Å²) in [5.41, 5.74) is 5.10. The molecule has 0 spiro atoms. The number of amides is 1. The molecule has 0 aromatic heterocycles. The predicted octanol–water partition coefficient (Wildman–Crippen LogP) is 1.92. The van der Waals surface area contributed by atoms with Crippen LogP contribution in [-0.2, 0) is 4.79 Å². The number of hydrogen-bond donors (Lipinski definition) is 1. The third-order valence-corrected chi connectivity index (χ3v) is 2.23. The Bertz CT molecular complexity index is 261. The number of hydrogen-bond acceptors (Lipinski definition) is 2. The van der Waals surface area contributed by atoms with Crippen LogP contribution in [0, 0.1) is 5.92 Å². The summed E-state index contributed by atoms with van der Waals surface area (Å²) in [5, 5.41) is 0. The van der Waals surface area contributed by atoms with Crippen molar-refractivity contribution in [1.82, 2.24) is 4.90 Å². The largest absolute Gasteiger partial charge is 0.409 e. The first-order chi connectivity index (χ1) is 8.05. The summed E-state index contributed by atoms with van der Waals surface area (Å²) in [6.07, 6.45) is -11.2. The molecular formula is C9H14F6N2O. The number of carbonyl (C=O) groups excluding carboxylic acids is 1. The second-order valence-electron chi connectivity index (χ2n) is 3.58. The van der Waals surface area contributed by atoms with E-state index in [4.69, 9.17) is 5.73 Å². The standard InChI is InChI=1S/C9H14F6N2O/c1-2-17(5-3-4-16)7(18)6(8(10,11)12)9(13,14)15/h6H,2-5,16H2,1H3. The molecule has 3 nitrogen and oxygen atoms in total. The normalized spacial score (nSPS) is 12.9. The molecule has 18 heavy (non-hydrogen) atoms. The maximum Gasteiger partial charge on any atom is 0.409 e. The van der Waals surface area contributed by atoms with Crippen molar-refractivity contribution in [3.05, 3.63) is 0 Å². The molecule has 0 fully saturated rings. The Morgan fingerprint density at radius 2 is 1.61 bits per heavy atom. The lowest BCUT2D eigenvalue weighted by atomic mass is 10.1. The van der Waals surface area contributed by atoms with Crippen LogP contribution in [0.1, 0.15) is 13.3 Å². The van der Waals surface area contributed by atoms with Crippen molar-refractivity contribution in [2.24, 2.45) is 11.7 Å². The Kier molecular flexibility index (Phi) is 5.91. The first-order valence-corrected chi connectivity index (χ1v) is 5.18. The Labute approximate surface area is 99.9 Å². The van der Waals surface area contributed by atoms with Crippen LogP contribution in [0.25, 0.3) is 0 Å². The Balaban J connectivity index is 5.07. The van der Waals surface area contributed by atoms with Crippen molar-refractivity contribution in [1.29, 1.82) is 0 Å². The zero-order valence-corrected chi connectivity index (χ0v) is 9.61. The minimum absolute atomic E-state index is 0.0759. The first kappa shape index (κ1) is 17.0. The molecule has 0 rings (SSSR count). The fourth-order valence-corrected chi connectivity index (χ4v) is 1.35. The summed E-state index contributed by atoms with van der Waals surface area (Å²) in [6.45, 7) is 0.917. The summed E-state index contributed by atoms with van der Waals surface area (Å²) >= 11 is 0. The molecule has 0 saturated heterocycles. The maximum absolute atomic E-state index is 12.3. The van der Waals surface area contributed by atoms with Crippen molar-refractivity contribution >= 4 is 5.91 Å². The zero-order chi connectivity index (χ0) is 14.6. The number of nitrogens with two attached hydrogens (primary N) is 1. The zero-order valence-electron chi connectivity index (χ0n) is 9.61. The van der Waals surface area contributed by atoms with Crippen molar-refractivity contribution < 1.29 is 31.1 Å². The molecule has 1 amide bonds. The molecule has 0 aromatic rings. The number of alkyl halides is 6. The van der Waals surface area contributed by atoms with Gasteiger partial charge in [-0.05, 0) is 19.9 Å². The SMILES string of the molecule is CCN(CCCN)C(=O)C(C(F)(F)F)C(F)(F)F. The van der Waals surface area contributed by atoms with Gasteiger partial charge in [0.2, 0.25) is 11.8 Å². The van der Waals surface area contributed by atoms with E-state index < -0.39 is 24.2 Å². The second-order valence-corrected chi connectivity index (χ2v) is 3.58. The summed E-state index contributed by atoms with van der Waals surface area (Å²) in [7, 11) is 0. The molecule has 0 saturated carbocycles. The molecule has 0 atom stereocenters. The van der Waals surface area contributed by atoms with E-state index >= 15 is 0 Å². The molecular weight excluding hydrogens is 266 g/mol. The highest BCUT2D eigenvalue weighted by atomic mass is 19.4. The Morgan fingerprint density at radius 1 is 1.17 bits per heavy atom. The van der Waals surface area contributed by atoms with E-state index in [2.05, 4.69) is 0 Å². The highest BCUT2D eigenvalue weighted by molar-refractivity contribution is 5.80. The van der Waals surface area contributed by atoms with E-state index in [9.17, 15) is 31.1 Å². The average Bonchev–Trinajstić information content (AvgIpc) is 2.14. The summed E-state index contributed by atoms with van der Waals surface area (Å²) in [4.78, 5) is 11.8. The van der Waals surface area contributed by atoms with Gasteiger partial charge in [-0.15, -0.1) is 0 Å². The van der Waals surface area contributed by atoms with Gasteiger partial charge in [0.1, 0.15) is 0 Å². The number of rotatable bonds is 5. The lowest BCUT2D eigenvalue weighted by molar-refractivity contribution is -0.277. The second kappa shape index (κ2) is 6.26. The number of carbonyl (C=O) groups is 1. The molecule has 0 radical (unpaired) electrons. The molecule has 0 bridgehead atoms. The van der Waals surface area contributed by atoms with Crippen LogP contribution < -0.4 is 5.73 Å². The van der Waals surface area contributed by atoms with Gasteiger partial charge in [-0.2, -0.15) is 26.3 Å². The monoisotopic (exact) mass is 280 g/mol. The van der Waals surface area contributed by atoms with Crippen LogP contribution in [0.15, 0.2) is 0 Å². The van der Waals surface area contributed by atoms with Gasteiger partial charge < -0.3 is 10.6 Å². The third-order valence-electron chi connectivity index (χ3n) is 2.23. The molecule has 0 heterocycles. The van der Waals surface area contributed by atoms with Gasteiger partial charge in [-0.25, -0.2) is 0 Å². The van der Waals surface area contributed by atoms with Gasteiger partial charge in [0.05, 0.1) is 0 Å². The average molecular weight is 280 g/mol. The molecule has 2 N–H and O–H groups in total. The molecule has 108 valence electrons. The van der Waals surface area contributed by atoms with Crippen molar-refractivity contribution in [3.8, 4) is 0 Å². The molecule has 0 aliphatic carbocycles. The van der Waals surface area contributed by atoms with E-state index in [0.29, 0.717) is 4.90 Å². The molecule has 0 unspecified atom stereocenters. The van der Waals surface area contributed by atoms with Crippen LogP contribution in [-0.4, -0.2) is 42.8 Å². The van der Waals surface area contributed by atoms with Crippen LogP contribution in [0.2, 0.25) is 0 Å². The van der Waals surface area contributed by atoms with Crippen LogP contribution in [0.3, 0.4) is 0 Å². The van der Waals surface area contributed by atoms with Gasteiger partial charge in [0.15, 0.2) is 0 Å². The van der Waals surface area contributed by atoms with Gasteiger partial charge >= 0.3 is 12.4 Å². The summed E-state index contributed by atoms with van der Waals surface area (Å²) in [5.74, 6) is -5.95. The predicted molar refractivity (Wildman–Crippen MR) is 51.5 cm³/mol. The van der Waals surface area contributed by atoms with E-state index in [1.807, 2.05) is 0 Å². The van der Waals surface area contributed by atoms with E-state index in [1.165, 1.54) is 6.92 Å². The number of halogens is 6. The minimum atomic E-state index is -5.65. The lowest BCUT2D eigenvalue weighted by Crippen LogP contribution is -2.50. The van der Waals surface area contributed by atoms with Crippen LogP contribution in [0.4, 0.5) is 26.3 Å². The topological polar surface area (TPSA) is 46.3 Å². The van der Waals surface area contributed by atoms with E-state index in [0.717, 1.165) is 0 Å². The molecule has 0 aromatic carbocycles. The maximum atomic E-state index is 12.3. The highest BCUT2D eigenvalue weighted by Gasteiger charge is 2.61. The van der Waals surface area contributed by atoms with E-state index in [-0.39, 0.29) is 26.1 Å². The smallest absolute Gasteiger partial charge is 0.342 e. The highest BCUT2D eigenvalue weighted by Crippen LogP contribution is 2.40. The minimum Gasteiger partial charge on any atom is -0.342 e. The first-order valence-electron chi connectivity index (χ1n) is 5.18. The van der Waals surface area contributed by atoms with Crippen molar-refractivity contribution in [2.75, 3.05) is 19.6 Å². The number of nitrogens with zero attached hydrogens (tertiary/aromatic N) is 1. The van der Waals surface area contributed by atoms with Gasteiger partial charge in [0, 0.05) is 13.1 Å². The van der Waals surface area contributed by atoms with Gasteiger partial charge in [0.25, 0.3) is 0 Å². The molecule has 0 aliphatic heterocycles. The van der Waals surface area contributed by atoms with Gasteiger partial charge in [-0.1, -0.05) is 0 Å².